The van der Waals surface area contributed by atoms with Gasteiger partial charge in [0.2, 0.25) is 5.88 Å². The molecule has 7 nitrogen and oxygen atoms in total. The summed E-state index contributed by atoms with van der Waals surface area (Å²) in [6, 6.07) is 3.62. The third-order valence-corrected chi connectivity index (χ3v) is 3.82. The van der Waals surface area contributed by atoms with Crippen LogP contribution < -0.4 is 15.4 Å². The lowest BCUT2D eigenvalue weighted by molar-refractivity contribution is 0.0995. The molecule has 0 saturated carbocycles. The number of anilines is 1. The van der Waals surface area contributed by atoms with Crippen molar-refractivity contribution in [2.75, 3.05) is 18.0 Å². The molecule has 120 valence electrons. The summed E-state index contributed by atoms with van der Waals surface area (Å²) in [5.41, 5.74) is 7.37. The van der Waals surface area contributed by atoms with Gasteiger partial charge in [-0.05, 0) is 19.1 Å². The second kappa shape index (κ2) is 6.60. The fourth-order valence-corrected chi connectivity index (χ4v) is 2.65. The van der Waals surface area contributed by atoms with Crippen molar-refractivity contribution in [3.63, 3.8) is 0 Å². The summed E-state index contributed by atoms with van der Waals surface area (Å²) in [5, 5.41) is 0. The molecule has 0 aliphatic carbocycles. The Morgan fingerprint density at radius 1 is 1.35 bits per heavy atom. The van der Waals surface area contributed by atoms with E-state index in [0.29, 0.717) is 5.88 Å². The molecule has 1 aliphatic rings. The zero-order valence-corrected chi connectivity index (χ0v) is 13.0. The molecule has 1 amide bonds. The van der Waals surface area contributed by atoms with Crippen molar-refractivity contribution < 1.29 is 9.53 Å². The topological polar surface area (TPSA) is 94.2 Å². The SMILES string of the molecule is Cc1cncc(OC2CCN(c3ccnc(C(N)=O)c3)CC2)n1. The Labute approximate surface area is 134 Å². The van der Waals surface area contributed by atoms with E-state index in [2.05, 4.69) is 19.9 Å². The number of pyridine rings is 1. The summed E-state index contributed by atoms with van der Waals surface area (Å²) in [4.78, 5) is 25.8. The van der Waals surface area contributed by atoms with E-state index >= 15 is 0 Å². The predicted octanol–water partition coefficient (Wildman–Crippen LogP) is 1.33. The first-order valence-electron chi connectivity index (χ1n) is 7.58. The zero-order valence-electron chi connectivity index (χ0n) is 13.0. The van der Waals surface area contributed by atoms with Gasteiger partial charge in [0.15, 0.2) is 0 Å². The number of aromatic nitrogens is 3. The van der Waals surface area contributed by atoms with Crippen LogP contribution in [0.3, 0.4) is 0 Å². The van der Waals surface area contributed by atoms with Crippen LogP contribution in [-0.4, -0.2) is 40.1 Å². The van der Waals surface area contributed by atoms with E-state index in [4.69, 9.17) is 10.5 Å². The van der Waals surface area contributed by atoms with Gasteiger partial charge in [-0.2, -0.15) is 0 Å². The molecule has 3 heterocycles. The van der Waals surface area contributed by atoms with E-state index in [-0.39, 0.29) is 11.8 Å². The van der Waals surface area contributed by atoms with Gasteiger partial charge in [-0.1, -0.05) is 0 Å². The van der Waals surface area contributed by atoms with Gasteiger partial charge in [0.25, 0.3) is 5.91 Å². The van der Waals surface area contributed by atoms with Gasteiger partial charge in [-0.15, -0.1) is 0 Å². The van der Waals surface area contributed by atoms with Crippen molar-refractivity contribution in [3.05, 3.63) is 42.1 Å². The maximum atomic E-state index is 11.2. The third kappa shape index (κ3) is 3.74. The average Bonchev–Trinajstić information content (AvgIpc) is 2.56. The van der Waals surface area contributed by atoms with Gasteiger partial charge in [0, 0.05) is 44.0 Å². The van der Waals surface area contributed by atoms with Crippen molar-refractivity contribution in [2.24, 2.45) is 5.73 Å². The van der Waals surface area contributed by atoms with Crippen molar-refractivity contribution in [3.8, 4) is 5.88 Å². The Balaban J connectivity index is 1.60. The van der Waals surface area contributed by atoms with Crippen LogP contribution in [0.15, 0.2) is 30.7 Å². The molecule has 0 aromatic carbocycles. The lowest BCUT2D eigenvalue weighted by Crippen LogP contribution is -2.38. The number of carbonyl (C=O) groups is 1. The summed E-state index contributed by atoms with van der Waals surface area (Å²) in [5.74, 6) is 0.0615. The number of nitrogens with two attached hydrogens (primary N) is 1. The summed E-state index contributed by atoms with van der Waals surface area (Å²) < 4.78 is 5.90. The van der Waals surface area contributed by atoms with Gasteiger partial charge < -0.3 is 15.4 Å². The number of aryl methyl sites for hydroxylation is 1. The molecule has 1 saturated heterocycles. The quantitative estimate of drug-likeness (QED) is 0.915. The highest BCUT2D eigenvalue weighted by molar-refractivity contribution is 5.91. The van der Waals surface area contributed by atoms with E-state index in [1.165, 1.54) is 0 Å². The zero-order chi connectivity index (χ0) is 16.2. The van der Waals surface area contributed by atoms with Crippen LogP contribution in [0.1, 0.15) is 29.0 Å². The van der Waals surface area contributed by atoms with E-state index in [0.717, 1.165) is 37.3 Å². The normalized spacial score (nSPS) is 15.4. The molecule has 2 aromatic heterocycles. The third-order valence-electron chi connectivity index (χ3n) is 3.82. The van der Waals surface area contributed by atoms with Crippen molar-refractivity contribution in [1.82, 2.24) is 15.0 Å². The Hall–Kier alpha value is -2.70. The van der Waals surface area contributed by atoms with Crippen LogP contribution in [0.2, 0.25) is 0 Å². The average molecular weight is 313 g/mol. The molecule has 7 heteroatoms. The second-order valence-corrected chi connectivity index (χ2v) is 5.57. The maximum Gasteiger partial charge on any atom is 0.267 e. The van der Waals surface area contributed by atoms with Crippen LogP contribution in [0.25, 0.3) is 0 Å². The standard InChI is InChI=1S/C16H19N5O2/c1-11-9-18-10-15(20-11)23-13-3-6-21(7-4-13)12-2-5-19-14(8-12)16(17)22/h2,5,8-10,13H,3-4,6-7H2,1H3,(H2,17,22). The first kappa shape index (κ1) is 15.2. The van der Waals surface area contributed by atoms with Crippen LogP contribution >= 0.6 is 0 Å². The molecule has 0 bridgehead atoms. The molecule has 23 heavy (non-hydrogen) atoms. The summed E-state index contributed by atoms with van der Waals surface area (Å²) in [6.07, 6.45) is 6.84. The minimum atomic E-state index is -0.511. The van der Waals surface area contributed by atoms with Crippen LogP contribution in [0.5, 0.6) is 5.88 Å². The number of hydrogen-bond donors (Lipinski definition) is 1. The molecule has 2 aromatic rings. The fourth-order valence-electron chi connectivity index (χ4n) is 2.65. The van der Waals surface area contributed by atoms with E-state index in [9.17, 15) is 4.79 Å². The molecule has 0 atom stereocenters. The molecule has 1 fully saturated rings. The lowest BCUT2D eigenvalue weighted by atomic mass is 10.1. The number of ether oxygens (including phenoxy) is 1. The summed E-state index contributed by atoms with van der Waals surface area (Å²) in [6.45, 7) is 3.57. The van der Waals surface area contributed by atoms with Crippen LogP contribution in [0.4, 0.5) is 5.69 Å². The molecular weight excluding hydrogens is 294 g/mol. The van der Waals surface area contributed by atoms with Crippen molar-refractivity contribution >= 4 is 11.6 Å². The second-order valence-electron chi connectivity index (χ2n) is 5.57. The van der Waals surface area contributed by atoms with Gasteiger partial charge in [-0.25, -0.2) is 4.98 Å². The highest BCUT2D eigenvalue weighted by Gasteiger charge is 2.22. The van der Waals surface area contributed by atoms with Crippen molar-refractivity contribution in [1.29, 1.82) is 0 Å². The smallest absolute Gasteiger partial charge is 0.267 e. The molecule has 1 aliphatic heterocycles. The molecule has 0 unspecified atom stereocenters. The van der Waals surface area contributed by atoms with Gasteiger partial charge in [0.1, 0.15) is 11.8 Å². The number of nitrogens with zero attached hydrogens (tertiary/aromatic N) is 4. The first-order chi connectivity index (χ1) is 11.1. The van der Waals surface area contributed by atoms with Gasteiger partial charge in [-0.3, -0.25) is 14.8 Å². The molecule has 2 N–H and O–H groups in total. The maximum absolute atomic E-state index is 11.2. The fraction of sp³-hybridized carbons (Fsp3) is 0.375. The minimum absolute atomic E-state index is 0.125. The number of carbonyl (C=O) groups excluding carboxylic acids is 1. The Bertz CT molecular complexity index is 698. The lowest BCUT2D eigenvalue weighted by Gasteiger charge is -2.33. The highest BCUT2D eigenvalue weighted by Crippen LogP contribution is 2.22. The minimum Gasteiger partial charge on any atom is -0.473 e. The molecule has 0 radical (unpaired) electrons. The predicted molar refractivity (Wildman–Crippen MR) is 85.4 cm³/mol. The Morgan fingerprint density at radius 2 is 2.13 bits per heavy atom. The largest absolute Gasteiger partial charge is 0.473 e. The molecule has 0 spiro atoms. The number of hydrogen-bond acceptors (Lipinski definition) is 6. The molecular formula is C16H19N5O2. The number of amides is 1. The molecule has 3 rings (SSSR count). The van der Waals surface area contributed by atoms with E-state index < -0.39 is 5.91 Å². The van der Waals surface area contributed by atoms with Crippen LogP contribution in [-0.2, 0) is 0 Å². The number of piperidine rings is 1. The van der Waals surface area contributed by atoms with Gasteiger partial charge >= 0.3 is 0 Å². The van der Waals surface area contributed by atoms with E-state index in [1.807, 2.05) is 13.0 Å². The van der Waals surface area contributed by atoms with Crippen LogP contribution in [0, 0.1) is 6.92 Å². The van der Waals surface area contributed by atoms with Crippen molar-refractivity contribution in [2.45, 2.75) is 25.9 Å². The number of primary amides is 1. The summed E-state index contributed by atoms with van der Waals surface area (Å²) >= 11 is 0. The Morgan fingerprint density at radius 3 is 2.83 bits per heavy atom. The Kier molecular flexibility index (Phi) is 4.36. The monoisotopic (exact) mass is 313 g/mol. The van der Waals surface area contributed by atoms with E-state index in [1.54, 1.807) is 24.7 Å². The highest BCUT2D eigenvalue weighted by atomic mass is 16.5. The number of rotatable bonds is 4. The summed E-state index contributed by atoms with van der Waals surface area (Å²) in [7, 11) is 0. The first-order valence-corrected chi connectivity index (χ1v) is 7.58. The van der Waals surface area contributed by atoms with Gasteiger partial charge in [0.05, 0.1) is 11.9 Å².